The molecule has 14 heavy (non-hydrogen) atoms. The zero-order valence-corrected chi connectivity index (χ0v) is 9.02. The van der Waals surface area contributed by atoms with Gasteiger partial charge in [-0.2, -0.15) is 0 Å². The van der Waals surface area contributed by atoms with Crippen molar-refractivity contribution in [1.82, 2.24) is 0 Å². The monoisotopic (exact) mass is 236 g/mol. The van der Waals surface area contributed by atoms with E-state index in [1.165, 1.54) is 0 Å². The molecule has 8 heteroatoms. The van der Waals surface area contributed by atoms with E-state index in [9.17, 15) is 17.6 Å². The fraction of sp³-hybridized carbons (Fsp3) is 1.00. The van der Waals surface area contributed by atoms with E-state index in [2.05, 4.69) is 13.3 Å². The molecule has 0 spiro atoms. The molecule has 0 aromatic carbocycles. The topological polar surface area (TPSA) is 27.7 Å². The zero-order chi connectivity index (χ0) is 11.4. The lowest BCUT2D eigenvalue weighted by molar-refractivity contribution is -0.122. The minimum absolute atomic E-state index is 1.08. The van der Waals surface area contributed by atoms with Crippen LogP contribution in [-0.4, -0.2) is 42.5 Å². The van der Waals surface area contributed by atoms with Crippen LogP contribution >= 0.6 is 0 Å². The summed E-state index contributed by atoms with van der Waals surface area (Å²) in [4.78, 5) is 0. The van der Waals surface area contributed by atoms with E-state index in [1.54, 1.807) is 0 Å². The van der Waals surface area contributed by atoms with Crippen LogP contribution in [0.25, 0.3) is 0 Å². The van der Waals surface area contributed by atoms with Crippen molar-refractivity contribution in [2.75, 3.05) is 21.3 Å². The summed E-state index contributed by atoms with van der Waals surface area (Å²) in [5.41, 5.74) is 0. The molecule has 0 aliphatic rings. The van der Waals surface area contributed by atoms with Gasteiger partial charge in [-0.1, -0.05) is 0 Å². The fourth-order valence-corrected chi connectivity index (χ4v) is 2.50. The summed E-state index contributed by atoms with van der Waals surface area (Å²) in [6, 6.07) is -1.23. The second-order valence-electron chi connectivity index (χ2n) is 2.53. The first kappa shape index (κ1) is 13.8. The van der Waals surface area contributed by atoms with Gasteiger partial charge >= 0.3 is 21.2 Å². The standard InChI is InChI=1S/C6H12F4O3Si/c1-11-14(12-2,13-3)4-6(9,10)5(7)8/h5H,4H2,1-3H3. The highest BCUT2D eigenvalue weighted by Gasteiger charge is 2.53. The summed E-state index contributed by atoms with van der Waals surface area (Å²) in [5, 5.41) is 0. The average molecular weight is 236 g/mol. The van der Waals surface area contributed by atoms with E-state index in [-0.39, 0.29) is 0 Å². The molecule has 0 saturated heterocycles. The minimum atomic E-state index is -4.16. The van der Waals surface area contributed by atoms with Gasteiger partial charge in [0.05, 0.1) is 6.04 Å². The Kier molecular flexibility index (Phi) is 4.99. The maximum Gasteiger partial charge on any atom is 0.506 e. The van der Waals surface area contributed by atoms with Crippen LogP contribution in [0.15, 0.2) is 0 Å². The molecule has 86 valence electrons. The molecule has 0 aliphatic carbocycles. The van der Waals surface area contributed by atoms with Crippen LogP contribution in [0, 0.1) is 0 Å². The van der Waals surface area contributed by atoms with Crippen LogP contribution in [0.3, 0.4) is 0 Å². The molecule has 0 atom stereocenters. The van der Waals surface area contributed by atoms with Crippen molar-refractivity contribution in [3.8, 4) is 0 Å². The maximum absolute atomic E-state index is 12.6. The average Bonchev–Trinajstić information content (AvgIpc) is 2.14. The Labute approximate surface area is 80.3 Å². The quantitative estimate of drug-likeness (QED) is 0.519. The first-order chi connectivity index (χ1) is 6.33. The van der Waals surface area contributed by atoms with Crippen molar-refractivity contribution >= 4 is 8.80 Å². The highest BCUT2D eigenvalue weighted by molar-refractivity contribution is 6.60. The van der Waals surface area contributed by atoms with Gasteiger partial charge in [-0.3, -0.25) is 0 Å². The van der Waals surface area contributed by atoms with Crippen LogP contribution in [0.4, 0.5) is 17.6 Å². The molecular weight excluding hydrogens is 224 g/mol. The van der Waals surface area contributed by atoms with E-state index in [0.717, 1.165) is 21.3 Å². The fourth-order valence-electron chi connectivity index (χ4n) is 0.832. The Morgan fingerprint density at radius 1 is 1.07 bits per heavy atom. The molecular formula is C6H12F4O3Si. The van der Waals surface area contributed by atoms with Crippen molar-refractivity contribution in [2.45, 2.75) is 18.4 Å². The second-order valence-corrected chi connectivity index (χ2v) is 5.48. The Morgan fingerprint density at radius 3 is 1.64 bits per heavy atom. The summed E-state index contributed by atoms with van der Waals surface area (Å²) in [5.74, 6) is -4.16. The summed E-state index contributed by atoms with van der Waals surface area (Å²) >= 11 is 0. The van der Waals surface area contributed by atoms with Gasteiger partial charge < -0.3 is 13.3 Å². The molecule has 0 radical (unpaired) electrons. The SMILES string of the molecule is CO[Si](CC(F)(F)C(F)F)(OC)OC. The molecule has 0 unspecified atom stereocenters. The first-order valence-electron chi connectivity index (χ1n) is 3.65. The van der Waals surface area contributed by atoms with Crippen LogP contribution in [-0.2, 0) is 13.3 Å². The normalized spacial score (nSPS) is 13.7. The predicted octanol–water partition coefficient (Wildman–Crippen LogP) is 1.76. The molecule has 0 fully saturated rings. The predicted molar refractivity (Wildman–Crippen MR) is 42.5 cm³/mol. The molecule has 0 heterocycles. The van der Waals surface area contributed by atoms with E-state index < -0.39 is 27.2 Å². The summed E-state index contributed by atoms with van der Waals surface area (Å²) in [6.07, 6.45) is -3.75. The summed E-state index contributed by atoms with van der Waals surface area (Å²) in [6.45, 7) is 0. The second kappa shape index (κ2) is 5.05. The van der Waals surface area contributed by atoms with Crippen molar-refractivity contribution in [3.63, 3.8) is 0 Å². The van der Waals surface area contributed by atoms with Gasteiger partial charge in [-0.15, -0.1) is 0 Å². The molecule has 0 aromatic rings. The number of hydrogen-bond acceptors (Lipinski definition) is 3. The van der Waals surface area contributed by atoms with Crippen LogP contribution in [0.5, 0.6) is 0 Å². The Hall–Kier alpha value is -0.183. The molecule has 0 bridgehead atoms. The molecule has 0 aromatic heterocycles. The molecule has 0 N–H and O–H groups in total. The highest BCUT2D eigenvalue weighted by atomic mass is 28.4. The number of rotatable bonds is 6. The number of halogens is 4. The van der Waals surface area contributed by atoms with Crippen LogP contribution in [0.2, 0.25) is 6.04 Å². The van der Waals surface area contributed by atoms with Crippen molar-refractivity contribution in [2.24, 2.45) is 0 Å². The highest BCUT2D eigenvalue weighted by Crippen LogP contribution is 2.33. The van der Waals surface area contributed by atoms with Gasteiger partial charge in [-0.05, 0) is 0 Å². The van der Waals surface area contributed by atoms with E-state index >= 15 is 0 Å². The van der Waals surface area contributed by atoms with E-state index in [0.29, 0.717) is 0 Å². The summed E-state index contributed by atoms with van der Waals surface area (Å²) < 4.78 is 62.8. The van der Waals surface area contributed by atoms with Gasteiger partial charge in [0.1, 0.15) is 0 Å². The lowest BCUT2D eigenvalue weighted by Crippen LogP contribution is -2.49. The zero-order valence-electron chi connectivity index (χ0n) is 8.02. The van der Waals surface area contributed by atoms with E-state index in [1.807, 2.05) is 0 Å². The minimum Gasteiger partial charge on any atom is -0.377 e. The van der Waals surface area contributed by atoms with E-state index in [4.69, 9.17) is 0 Å². The molecule has 0 amide bonds. The lowest BCUT2D eigenvalue weighted by atomic mass is 10.4. The third-order valence-electron chi connectivity index (χ3n) is 1.70. The summed E-state index contributed by atoms with van der Waals surface area (Å²) in [7, 11) is -0.393. The van der Waals surface area contributed by atoms with Crippen LogP contribution in [0.1, 0.15) is 0 Å². The van der Waals surface area contributed by atoms with Gasteiger partial charge in [0.25, 0.3) is 0 Å². The van der Waals surface area contributed by atoms with Crippen molar-refractivity contribution < 1.29 is 30.8 Å². The third-order valence-corrected chi connectivity index (χ3v) is 4.47. The first-order valence-corrected chi connectivity index (χ1v) is 5.58. The van der Waals surface area contributed by atoms with Gasteiger partial charge in [0.15, 0.2) is 0 Å². The Morgan fingerprint density at radius 2 is 1.43 bits per heavy atom. The number of hydrogen-bond donors (Lipinski definition) is 0. The van der Waals surface area contributed by atoms with Crippen LogP contribution < -0.4 is 0 Å². The molecule has 3 nitrogen and oxygen atoms in total. The van der Waals surface area contributed by atoms with Gasteiger partial charge in [0.2, 0.25) is 0 Å². The Bertz CT molecular complexity index is 166. The molecule has 0 rings (SSSR count). The number of alkyl halides is 4. The largest absolute Gasteiger partial charge is 0.506 e. The molecule has 0 saturated carbocycles. The maximum atomic E-state index is 12.6. The Balaban J connectivity index is 4.58. The third kappa shape index (κ3) is 3.19. The van der Waals surface area contributed by atoms with Gasteiger partial charge in [-0.25, -0.2) is 17.6 Å². The van der Waals surface area contributed by atoms with Crippen molar-refractivity contribution in [1.29, 1.82) is 0 Å². The smallest absolute Gasteiger partial charge is 0.377 e. The van der Waals surface area contributed by atoms with Crippen molar-refractivity contribution in [3.05, 3.63) is 0 Å². The molecule has 0 aliphatic heterocycles. The van der Waals surface area contributed by atoms with Gasteiger partial charge in [0, 0.05) is 21.3 Å². The lowest BCUT2D eigenvalue weighted by Gasteiger charge is -2.27.